The number of carbonyl (C=O) groups excluding carboxylic acids is 1. The summed E-state index contributed by atoms with van der Waals surface area (Å²) in [6, 6.07) is 14.0. The number of furan rings is 1. The number of hydrogen-bond acceptors (Lipinski definition) is 8. The summed E-state index contributed by atoms with van der Waals surface area (Å²) in [5.41, 5.74) is 2.29. The van der Waals surface area contributed by atoms with Crippen molar-refractivity contribution in [1.29, 1.82) is 0 Å². The van der Waals surface area contributed by atoms with Crippen LogP contribution in [-0.4, -0.2) is 26.0 Å². The third-order valence-corrected chi connectivity index (χ3v) is 4.50. The second-order valence-corrected chi connectivity index (χ2v) is 6.59. The van der Waals surface area contributed by atoms with Crippen molar-refractivity contribution < 1.29 is 18.5 Å². The number of aromatic nitrogens is 4. The van der Waals surface area contributed by atoms with Gasteiger partial charge in [0.1, 0.15) is 11.4 Å². The Morgan fingerprint density at radius 1 is 1.06 bits per heavy atom. The van der Waals surface area contributed by atoms with Crippen molar-refractivity contribution in [2.24, 2.45) is 0 Å². The van der Waals surface area contributed by atoms with Crippen LogP contribution < -0.4 is 10.1 Å². The van der Waals surface area contributed by atoms with Gasteiger partial charge in [0, 0.05) is 18.1 Å². The van der Waals surface area contributed by atoms with E-state index in [1.165, 1.54) is 6.26 Å². The van der Waals surface area contributed by atoms with Crippen LogP contribution in [0.2, 0.25) is 0 Å². The number of amides is 1. The Bertz CT molecular complexity index is 1350. The summed E-state index contributed by atoms with van der Waals surface area (Å²) in [6.07, 6.45) is 4.73. The summed E-state index contributed by atoms with van der Waals surface area (Å²) in [5, 5.41) is 7.37. The highest BCUT2D eigenvalue weighted by molar-refractivity contribution is 6.12. The van der Waals surface area contributed by atoms with E-state index >= 15 is 0 Å². The van der Waals surface area contributed by atoms with Crippen LogP contribution in [0.4, 0.5) is 5.69 Å². The average Bonchev–Trinajstić information content (AvgIpc) is 3.46. The van der Waals surface area contributed by atoms with Gasteiger partial charge in [-0.3, -0.25) is 4.79 Å². The Hall–Kier alpha value is -4.53. The molecule has 0 saturated carbocycles. The fourth-order valence-electron chi connectivity index (χ4n) is 3.07. The maximum Gasteiger partial charge on any atom is 0.321 e. The van der Waals surface area contributed by atoms with Crippen LogP contribution in [0.15, 0.2) is 76.1 Å². The highest BCUT2D eigenvalue weighted by atomic mass is 16.5. The van der Waals surface area contributed by atoms with Gasteiger partial charge in [-0.1, -0.05) is 5.16 Å². The molecule has 0 saturated heterocycles. The predicted octanol–water partition coefficient (Wildman–Crippen LogP) is 4.63. The molecule has 1 aromatic carbocycles. The minimum atomic E-state index is -0.327. The van der Waals surface area contributed by atoms with Crippen molar-refractivity contribution in [3.05, 3.63) is 78.4 Å². The molecule has 0 aliphatic carbocycles. The largest absolute Gasteiger partial charge is 0.463 e. The fourth-order valence-corrected chi connectivity index (χ4v) is 3.07. The lowest BCUT2D eigenvalue weighted by Gasteiger charge is -2.09. The number of aryl methyl sites for hydroxylation is 1. The van der Waals surface area contributed by atoms with Crippen molar-refractivity contribution >= 4 is 22.7 Å². The van der Waals surface area contributed by atoms with Gasteiger partial charge in [0.05, 0.1) is 22.9 Å². The van der Waals surface area contributed by atoms with Crippen LogP contribution in [0.3, 0.4) is 0 Å². The van der Waals surface area contributed by atoms with Crippen LogP contribution in [0.1, 0.15) is 16.1 Å². The molecular weight excluding hydrogens is 398 g/mol. The fraction of sp³-hybridized carbons (Fsp3) is 0.0455. The summed E-state index contributed by atoms with van der Waals surface area (Å²) in [6.45, 7) is 1.76. The Morgan fingerprint density at radius 2 is 1.87 bits per heavy atom. The monoisotopic (exact) mass is 413 g/mol. The second kappa shape index (κ2) is 7.71. The molecule has 0 atom stereocenters. The smallest absolute Gasteiger partial charge is 0.321 e. The molecule has 0 bridgehead atoms. The van der Waals surface area contributed by atoms with Crippen LogP contribution in [0, 0.1) is 6.92 Å². The van der Waals surface area contributed by atoms with Crippen molar-refractivity contribution in [2.45, 2.75) is 6.92 Å². The third-order valence-electron chi connectivity index (χ3n) is 4.50. The first-order chi connectivity index (χ1) is 15.2. The second-order valence-electron chi connectivity index (χ2n) is 6.59. The highest BCUT2D eigenvalue weighted by Gasteiger charge is 2.20. The van der Waals surface area contributed by atoms with Gasteiger partial charge in [-0.25, -0.2) is 15.0 Å². The van der Waals surface area contributed by atoms with Crippen LogP contribution in [0.5, 0.6) is 11.8 Å². The molecule has 5 rings (SSSR count). The van der Waals surface area contributed by atoms with Gasteiger partial charge in [0.25, 0.3) is 11.6 Å². The number of anilines is 1. The summed E-state index contributed by atoms with van der Waals surface area (Å²) >= 11 is 0. The molecule has 31 heavy (non-hydrogen) atoms. The molecule has 1 amide bonds. The van der Waals surface area contributed by atoms with E-state index in [-0.39, 0.29) is 17.6 Å². The van der Waals surface area contributed by atoms with Crippen LogP contribution in [0.25, 0.3) is 22.6 Å². The Labute approximate surface area is 175 Å². The maximum atomic E-state index is 13.1. The maximum absolute atomic E-state index is 13.1. The zero-order valence-electron chi connectivity index (χ0n) is 16.3. The van der Waals surface area contributed by atoms with Gasteiger partial charge < -0.3 is 19.0 Å². The van der Waals surface area contributed by atoms with Gasteiger partial charge >= 0.3 is 6.01 Å². The number of carbonyl (C=O) groups is 1. The highest BCUT2D eigenvalue weighted by Crippen LogP contribution is 2.28. The number of benzene rings is 1. The number of pyridine rings is 1. The first-order valence-corrected chi connectivity index (χ1v) is 9.34. The summed E-state index contributed by atoms with van der Waals surface area (Å²) in [7, 11) is 0. The minimum absolute atomic E-state index is 0.242. The van der Waals surface area contributed by atoms with Gasteiger partial charge in [-0.05, 0) is 55.5 Å². The number of nitrogens with one attached hydrogen (secondary N) is 1. The molecule has 0 spiro atoms. The molecule has 152 valence electrons. The van der Waals surface area contributed by atoms with E-state index < -0.39 is 0 Å². The lowest BCUT2D eigenvalue weighted by Crippen LogP contribution is -2.13. The first kappa shape index (κ1) is 18.5. The Morgan fingerprint density at radius 3 is 2.61 bits per heavy atom. The third kappa shape index (κ3) is 3.71. The van der Waals surface area contributed by atoms with E-state index in [2.05, 4.69) is 25.4 Å². The zero-order valence-corrected chi connectivity index (χ0v) is 16.3. The Balaban J connectivity index is 1.42. The molecule has 1 N–H and O–H groups in total. The lowest BCUT2D eigenvalue weighted by atomic mass is 10.1. The van der Waals surface area contributed by atoms with Gasteiger partial charge in [-0.2, -0.15) is 0 Å². The molecule has 0 fully saturated rings. The SMILES string of the molecule is Cc1noc2nc(-c3ccco3)cc(C(=O)Nc3ccc(Oc4ncccn4)cc3)c12. The summed E-state index contributed by atoms with van der Waals surface area (Å²) in [4.78, 5) is 25.5. The number of rotatable bonds is 5. The molecule has 0 aliphatic rings. The molecule has 9 heteroatoms. The van der Waals surface area contributed by atoms with Crippen LogP contribution in [-0.2, 0) is 0 Å². The number of nitrogens with zero attached hydrogens (tertiary/aromatic N) is 4. The Kier molecular flexibility index (Phi) is 4.60. The van der Waals surface area contributed by atoms with E-state index in [4.69, 9.17) is 13.7 Å². The molecule has 9 nitrogen and oxygen atoms in total. The van der Waals surface area contributed by atoms with Crippen molar-refractivity contribution in [2.75, 3.05) is 5.32 Å². The molecule has 0 radical (unpaired) electrons. The summed E-state index contributed by atoms with van der Waals surface area (Å²) < 4.78 is 16.3. The predicted molar refractivity (Wildman–Crippen MR) is 111 cm³/mol. The molecule has 0 aliphatic heterocycles. The van der Waals surface area contributed by atoms with Gasteiger partial charge in [0.2, 0.25) is 0 Å². The topological polar surface area (TPSA) is 116 Å². The van der Waals surface area contributed by atoms with Crippen molar-refractivity contribution in [3.63, 3.8) is 0 Å². The molecule has 4 aromatic heterocycles. The lowest BCUT2D eigenvalue weighted by molar-refractivity contribution is 0.102. The van der Waals surface area contributed by atoms with E-state index in [1.807, 2.05) is 0 Å². The molecule has 0 unspecified atom stereocenters. The average molecular weight is 413 g/mol. The molecule has 5 aromatic rings. The van der Waals surface area contributed by atoms with Gasteiger partial charge in [-0.15, -0.1) is 0 Å². The normalized spacial score (nSPS) is 10.9. The van der Waals surface area contributed by atoms with E-state index in [9.17, 15) is 4.79 Å². The first-order valence-electron chi connectivity index (χ1n) is 9.34. The zero-order chi connectivity index (χ0) is 21.2. The van der Waals surface area contributed by atoms with E-state index in [0.717, 1.165) is 0 Å². The van der Waals surface area contributed by atoms with E-state index in [1.54, 1.807) is 67.8 Å². The quantitative estimate of drug-likeness (QED) is 0.443. The van der Waals surface area contributed by atoms with Crippen molar-refractivity contribution in [1.82, 2.24) is 20.1 Å². The summed E-state index contributed by atoms with van der Waals surface area (Å²) in [5.74, 6) is 0.742. The number of fused-ring (bicyclic) bond motifs is 1. The van der Waals surface area contributed by atoms with E-state index in [0.29, 0.717) is 39.5 Å². The molecular formula is C22H15N5O4. The van der Waals surface area contributed by atoms with Crippen molar-refractivity contribution in [3.8, 4) is 23.2 Å². The number of ether oxygens (including phenoxy) is 1. The molecule has 4 heterocycles. The number of hydrogen-bond donors (Lipinski definition) is 1. The van der Waals surface area contributed by atoms with Gasteiger partial charge in [0.15, 0.2) is 5.76 Å². The van der Waals surface area contributed by atoms with Crippen LogP contribution >= 0.6 is 0 Å². The standard InChI is InChI=1S/C22H15N5O4/c1-13-19-16(12-17(18-4-2-11-29-18)26-21(19)31-27-13)20(28)25-14-5-7-15(8-6-14)30-22-23-9-3-10-24-22/h2-12H,1H3,(H,25,28). The minimum Gasteiger partial charge on any atom is -0.463 e.